The van der Waals surface area contributed by atoms with E-state index in [1.807, 2.05) is 109 Å². The molecule has 156 valence electrons. The molecule has 2 heteroatoms. The van der Waals surface area contributed by atoms with Gasteiger partial charge in [0.15, 0.2) is 11.6 Å². The zero-order valence-corrected chi connectivity index (χ0v) is 17.7. The highest BCUT2D eigenvalue weighted by Gasteiger charge is 2.35. The molecule has 0 radical (unpaired) electrons. The molecule has 0 aromatic heterocycles. The minimum atomic E-state index is -0.873. The molecule has 0 amide bonds. The van der Waals surface area contributed by atoms with E-state index in [1.165, 1.54) is 0 Å². The number of Topliss-reactive ketones (excluding diaryl/α,β-unsaturated/α-hetero) is 2. The van der Waals surface area contributed by atoms with Gasteiger partial charge in [0.2, 0.25) is 0 Å². The van der Waals surface area contributed by atoms with E-state index in [0.29, 0.717) is 11.1 Å². The van der Waals surface area contributed by atoms with E-state index in [1.54, 1.807) is 24.3 Å². The van der Waals surface area contributed by atoms with Crippen LogP contribution in [0.5, 0.6) is 0 Å². The Balaban J connectivity index is 1.83. The van der Waals surface area contributed by atoms with E-state index in [2.05, 4.69) is 0 Å². The largest absolute Gasteiger partial charge is 0.293 e. The predicted molar refractivity (Wildman–Crippen MR) is 130 cm³/mol. The fraction of sp³-hybridized carbons (Fsp3) is 0.0667. The van der Waals surface area contributed by atoms with Crippen molar-refractivity contribution < 1.29 is 9.59 Å². The van der Waals surface area contributed by atoms with E-state index in [0.717, 1.165) is 11.1 Å². The summed E-state index contributed by atoms with van der Waals surface area (Å²) in [5, 5.41) is 0. The number of hydrogen-bond acceptors (Lipinski definition) is 2. The zero-order chi connectivity index (χ0) is 22.2. The number of carbonyl (C=O) groups is 2. The molecule has 0 saturated heterocycles. The van der Waals surface area contributed by atoms with E-state index < -0.39 is 11.8 Å². The average Bonchev–Trinajstić information content (AvgIpc) is 2.88. The molecular weight excluding hydrogens is 392 g/mol. The molecule has 4 aromatic carbocycles. The minimum Gasteiger partial charge on any atom is -0.293 e. The molecule has 0 fully saturated rings. The highest BCUT2D eigenvalue weighted by molar-refractivity contribution is 6.17. The maximum absolute atomic E-state index is 13.7. The van der Waals surface area contributed by atoms with Gasteiger partial charge >= 0.3 is 0 Å². The molecule has 1 atom stereocenters. The van der Waals surface area contributed by atoms with Gasteiger partial charge in [0.1, 0.15) is 0 Å². The Kier molecular flexibility index (Phi) is 6.84. The van der Waals surface area contributed by atoms with Gasteiger partial charge in [-0.3, -0.25) is 9.59 Å². The highest BCUT2D eigenvalue weighted by Crippen LogP contribution is 2.33. The molecule has 0 aliphatic heterocycles. The summed E-state index contributed by atoms with van der Waals surface area (Å²) in [6.07, 6.45) is 3.97. The van der Waals surface area contributed by atoms with Crippen LogP contribution in [0.3, 0.4) is 0 Å². The van der Waals surface area contributed by atoms with Crippen molar-refractivity contribution in [1.82, 2.24) is 0 Å². The van der Waals surface area contributed by atoms with Gasteiger partial charge in [0, 0.05) is 17.0 Å². The van der Waals surface area contributed by atoms with E-state index in [-0.39, 0.29) is 11.6 Å². The Labute approximate surface area is 188 Å². The van der Waals surface area contributed by atoms with Crippen LogP contribution in [0.4, 0.5) is 0 Å². The maximum atomic E-state index is 13.7. The second-order valence-electron chi connectivity index (χ2n) is 7.64. The molecule has 0 aliphatic rings. The molecule has 0 saturated carbocycles. The average molecular weight is 417 g/mol. The lowest BCUT2D eigenvalue weighted by Crippen LogP contribution is -2.30. The highest BCUT2D eigenvalue weighted by atomic mass is 16.2. The molecular formula is C30H24O2. The standard InChI is InChI=1S/C30H24O2/c31-29(25-17-9-3-10-18-25)28(30(32)26-19-11-4-12-20-26)27(24-15-7-2-8-16-24)22-21-23-13-5-1-6-14-23/h1-22,27-28H/b22-21+/t27-/m0/s1. The first-order chi connectivity index (χ1) is 15.7. The SMILES string of the molecule is O=C(c1ccccc1)C(C(=O)c1ccccc1)[C@@H](/C=C/c1ccccc1)c1ccccc1. The first-order valence-corrected chi connectivity index (χ1v) is 10.7. The zero-order valence-electron chi connectivity index (χ0n) is 17.7. The van der Waals surface area contributed by atoms with Gasteiger partial charge in [-0.2, -0.15) is 0 Å². The van der Waals surface area contributed by atoms with Crippen molar-refractivity contribution in [3.05, 3.63) is 150 Å². The Morgan fingerprint density at radius 2 is 0.938 bits per heavy atom. The summed E-state index contributed by atoms with van der Waals surface area (Å²) in [6, 6.07) is 37.8. The van der Waals surface area contributed by atoms with Gasteiger partial charge in [0.25, 0.3) is 0 Å². The lowest BCUT2D eigenvalue weighted by atomic mass is 9.76. The summed E-state index contributed by atoms with van der Waals surface area (Å²) < 4.78 is 0. The minimum absolute atomic E-state index is 0.175. The van der Waals surface area contributed by atoms with Crippen molar-refractivity contribution in [2.24, 2.45) is 5.92 Å². The van der Waals surface area contributed by atoms with Crippen LogP contribution in [-0.2, 0) is 0 Å². The van der Waals surface area contributed by atoms with Crippen LogP contribution < -0.4 is 0 Å². The summed E-state index contributed by atoms with van der Waals surface area (Å²) in [7, 11) is 0. The van der Waals surface area contributed by atoms with Gasteiger partial charge in [-0.15, -0.1) is 0 Å². The fourth-order valence-corrected chi connectivity index (χ4v) is 3.88. The quantitative estimate of drug-likeness (QED) is 0.232. The molecule has 2 nitrogen and oxygen atoms in total. The van der Waals surface area contributed by atoms with Crippen molar-refractivity contribution in [3.63, 3.8) is 0 Å². The number of allylic oxidation sites excluding steroid dienone is 1. The second kappa shape index (κ2) is 10.3. The van der Waals surface area contributed by atoms with Crippen molar-refractivity contribution in [1.29, 1.82) is 0 Å². The van der Waals surface area contributed by atoms with E-state index in [4.69, 9.17) is 0 Å². The number of rotatable bonds is 8. The molecule has 0 spiro atoms. The molecule has 4 aromatic rings. The van der Waals surface area contributed by atoms with E-state index in [9.17, 15) is 9.59 Å². The third kappa shape index (κ3) is 4.98. The number of benzene rings is 4. The van der Waals surface area contributed by atoms with Gasteiger partial charge in [-0.25, -0.2) is 0 Å². The first-order valence-electron chi connectivity index (χ1n) is 10.7. The molecule has 0 heterocycles. The predicted octanol–water partition coefficient (Wildman–Crippen LogP) is 6.87. The summed E-state index contributed by atoms with van der Waals surface area (Å²) in [5.74, 6) is -1.63. The third-order valence-electron chi connectivity index (χ3n) is 5.52. The molecule has 0 aliphatic carbocycles. The van der Waals surface area contributed by atoms with Crippen LogP contribution in [-0.4, -0.2) is 11.6 Å². The molecule has 0 N–H and O–H groups in total. The molecule has 0 bridgehead atoms. The van der Waals surface area contributed by atoms with Crippen LogP contribution in [0.2, 0.25) is 0 Å². The van der Waals surface area contributed by atoms with E-state index >= 15 is 0 Å². The van der Waals surface area contributed by atoms with Crippen molar-refractivity contribution >= 4 is 17.6 Å². The Bertz CT molecular complexity index is 1130. The monoisotopic (exact) mass is 416 g/mol. The smallest absolute Gasteiger partial charge is 0.174 e. The molecule has 4 rings (SSSR count). The summed E-state index contributed by atoms with van der Waals surface area (Å²) >= 11 is 0. The second-order valence-corrected chi connectivity index (χ2v) is 7.64. The number of carbonyl (C=O) groups excluding carboxylic acids is 2. The van der Waals surface area contributed by atoms with Gasteiger partial charge in [-0.05, 0) is 11.1 Å². The lowest BCUT2D eigenvalue weighted by molar-refractivity contribution is 0.0795. The summed E-state index contributed by atoms with van der Waals surface area (Å²) in [6.45, 7) is 0. The number of ketones is 2. The van der Waals surface area contributed by atoms with Crippen LogP contribution in [0.15, 0.2) is 127 Å². The Morgan fingerprint density at radius 1 is 0.531 bits per heavy atom. The Hall–Kier alpha value is -4.04. The van der Waals surface area contributed by atoms with Gasteiger partial charge in [0.05, 0.1) is 5.92 Å². The van der Waals surface area contributed by atoms with Gasteiger partial charge < -0.3 is 0 Å². The van der Waals surface area contributed by atoms with Gasteiger partial charge in [-0.1, -0.05) is 133 Å². The summed E-state index contributed by atoms with van der Waals surface area (Å²) in [5.41, 5.74) is 3.02. The third-order valence-corrected chi connectivity index (χ3v) is 5.52. The van der Waals surface area contributed by atoms with Crippen LogP contribution in [0, 0.1) is 5.92 Å². The normalized spacial score (nSPS) is 12.0. The topological polar surface area (TPSA) is 34.1 Å². The fourth-order valence-electron chi connectivity index (χ4n) is 3.88. The summed E-state index contributed by atoms with van der Waals surface area (Å²) in [4.78, 5) is 27.5. The Morgan fingerprint density at radius 3 is 1.41 bits per heavy atom. The first kappa shape index (κ1) is 21.2. The van der Waals surface area contributed by atoms with Crippen molar-refractivity contribution in [2.75, 3.05) is 0 Å². The van der Waals surface area contributed by atoms with Crippen LogP contribution in [0.25, 0.3) is 6.08 Å². The van der Waals surface area contributed by atoms with Crippen molar-refractivity contribution in [2.45, 2.75) is 5.92 Å². The maximum Gasteiger partial charge on any atom is 0.174 e. The number of hydrogen-bond donors (Lipinski definition) is 0. The van der Waals surface area contributed by atoms with Crippen LogP contribution >= 0.6 is 0 Å². The lowest BCUT2D eigenvalue weighted by Gasteiger charge is -2.24. The van der Waals surface area contributed by atoms with Crippen LogP contribution in [0.1, 0.15) is 37.8 Å². The molecule has 32 heavy (non-hydrogen) atoms. The van der Waals surface area contributed by atoms with Crippen molar-refractivity contribution in [3.8, 4) is 0 Å². The molecule has 0 unspecified atom stereocenters.